The Kier molecular flexibility index (Phi) is 4.27. The van der Waals surface area contributed by atoms with Crippen LogP contribution in [-0.2, 0) is 6.54 Å². The molecule has 2 N–H and O–H groups in total. The van der Waals surface area contributed by atoms with Crippen molar-refractivity contribution in [2.24, 2.45) is 0 Å². The minimum Gasteiger partial charge on any atom is -0.476 e. The number of hydrogen-bond donors (Lipinski definition) is 2. The fourth-order valence-electron chi connectivity index (χ4n) is 1.68. The number of carbonyl (C=O) groups is 2. The van der Waals surface area contributed by atoms with E-state index in [-0.39, 0.29) is 24.3 Å². The zero-order valence-corrected chi connectivity index (χ0v) is 10.7. The Labute approximate surface area is 118 Å². The van der Waals surface area contributed by atoms with E-state index in [9.17, 15) is 18.4 Å². The van der Waals surface area contributed by atoms with Gasteiger partial charge in [-0.15, -0.1) is 0 Å². The SMILES string of the molecule is O=C(NCCn1cnc(C(=O)O)c1)c1cc(F)cc(F)c1. The maximum Gasteiger partial charge on any atom is 0.356 e. The number of aromatic carboxylic acids is 1. The van der Waals surface area contributed by atoms with E-state index >= 15 is 0 Å². The van der Waals surface area contributed by atoms with E-state index in [1.165, 1.54) is 17.1 Å². The first-order valence-electron chi connectivity index (χ1n) is 5.95. The number of aromatic nitrogens is 2. The van der Waals surface area contributed by atoms with Crippen LogP contribution in [0.15, 0.2) is 30.7 Å². The van der Waals surface area contributed by atoms with Gasteiger partial charge in [0.25, 0.3) is 5.91 Å². The van der Waals surface area contributed by atoms with Crippen molar-refractivity contribution in [1.29, 1.82) is 0 Å². The van der Waals surface area contributed by atoms with Crippen LogP contribution in [0.25, 0.3) is 0 Å². The van der Waals surface area contributed by atoms with Crippen molar-refractivity contribution in [3.8, 4) is 0 Å². The third-order valence-corrected chi connectivity index (χ3v) is 2.63. The summed E-state index contributed by atoms with van der Waals surface area (Å²) in [5.74, 6) is -3.43. The van der Waals surface area contributed by atoms with Gasteiger partial charge in [-0.25, -0.2) is 18.6 Å². The van der Waals surface area contributed by atoms with Crippen LogP contribution in [0.1, 0.15) is 20.8 Å². The van der Waals surface area contributed by atoms with E-state index in [4.69, 9.17) is 5.11 Å². The number of amides is 1. The Balaban J connectivity index is 1.90. The van der Waals surface area contributed by atoms with Gasteiger partial charge in [0.2, 0.25) is 0 Å². The summed E-state index contributed by atoms with van der Waals surface area (Å²) >= 11 is 0. The van der Waals surface area contributed by atoms with Gasteiger partial charge in [-0.1, -0.05) is 0 Å². The number of imidazole rings is 1. The molecule has 0 atom stereocenters. The first-order chi connectivity index (χ1) is 9.95. The molecule has 110 valence electrons. The molecule has 6 nitrogen and oxygen atoms in total. The van der Waals surface area contributed by atoms with Gasteiger partial charge in [-0.2, -0.15) is 0 Å². The summed E-state index contributed by atoms with van der Waals surface area (Å²) in [6.45, 7) is 0.441. The molecule has 0 unspecified atom stereocenters. The third kappa shape index (κ3) is 3.85. The van der Waals surface area contributed by atoms with E-state index < -0.39 is 23.5 Å². The zero-order valence-electron chi connectivity index (χ0n) is 10.7. The van der Waals surface area contributed by atoms with Crippen molar-refractivity contribution in [3.63, 3.8) is 0 Å². The highest BCUT2D eigenvalue weighted by Crippen LogP contribution is 2.07. The van der Waals surface area contributed by atoms with Gasteiger partial charge in [0.1, 0.15) is 11.6 Å². The quantitative estimate of drug-likeness (QED) is 0.870. The van der Waals surface area contributed by atoms with Crippen LogP contribution in [0.3, 0.4) is 0 Å². The zero-order chi connectivity index (χ0) is 15.4. The van der Waals surface area contributed by atoms with Crippen molar-refractivity contribution >= 4 is 11.9 Å². The van der Waals surface area contributed by atoms with Crippen molar-refractivity contribution < 1.29 is 23.5 Å². The van der Waals surface area contributed by atoms with E-state index in [0.29, 0.717) is 6.07 Å². The summed E-state index contributed by atoms with van der Waals surface area (Å²) in [5, 5.41) is 11.2. The van der Waals surface area contributed by atoms with Gasteiger partial charge < -0.3 is 15.0 Å². The van der Waals surface area contributed by atoms with Crippen LogP contribution in [0.2, 0.25) is 0 Å². The smallest absolute Gasteiger partial charge is 0.356 e. The minimum absolute atomic E-state index is 0.103. The van der Waals surface area contributed by atoms with Gasteiger partial charge in [0.05, 0.1) is 6.33 Å². The van der Waals surface area contributed by atoms with Crippen LogP contribution in [0, 0.1) is 11.6 Å². The predicted octanol–water partition coefficient (Wildman–Crippen LogP) is 1.29. The number of nitrogens with one attached hydrogen (secondary N) is 1. The molecule has 0 bridgehead atoms. The average Bonchev–Trinajstić information content (AvgIpc) is 2.86. The summed E-state index contributed by atoms with van der Waals surface area (Å²) in [5.41, 5.74) is -0.224. The molecule has 0 aliphatic rings. The molecule has 8 heteroatoms. The van der Waals surface area contributed by atoms with Crippen molar-refractivity contribution in [3.05, 3.63) is 53.6 Å². The van der Waals surface area contributed by atoms with Crippen LogP contribution >= 0.6 is 0 Å². The topological polar surface area (TPSA) is 84.2 Å². The Morgan fingerprint density at radius 1 is 1.24 bits per heavy atom. The van der Waals surface area contributed by atoms with Gasteiger partial charge >= 0.3 is 5.97 Å². The maximum atomic E-state index is 13.0. The molecule has 1 heterocycles. The van der Waals surface area contributed by atoms with Crippen molar-refractivity contribution in [2.75, 3.05) is 6.54 Å². The second-order valence-electron chi connectivity index (χ2n) is 4.22. The van der Waals surface area contributed by atoms with E-state index in [1.54, 1.807) is 0 Å². The summed E-state index contributed by atoms with van der Waals surface area (Å²) in [4.78, 5) is 26.0. The first kappa shape index (κ1) is 14.6. The number of hydrogen-bond acceptors (Lipinski definition) is 3. The Bertz CT molecular complexity index is 665. The standard InChI is InChI=1S/C13H11F2N3O3/c14-9-3-8(4-10(15)5-9)12(19)16-1-2-18-6-11(13(20)21)17-7-18/h3-7H,1-2H2,(H,16,19)(H,20,21). The molecular formula is C13H11F2N3O3. The number of nitrogens with zero attached hydrogens (tertiary/aromatic N) is 2. The predicted molar refractivity (Wildman–Crippen MR) is 67.9 cm³/mol. The average molecular weight is 295 g/mol. The second kappa shape index (κ2) is 6.12. The summed E-state index contributed by atoms with van der Waals surface area (Å²) in [6.07, 6.45) is 2.63. The highest BCUT2D eigenvalue weighted by molar-refractivity contribution is 5.94. The number of rotatable bonds is 5. The lowest BCUT2D eigenvalue weighted by molar-refractivity contribution is 0.0690. The molecule has 2 rings (SSSR count). The van der Waals surface area contributed by atoms with Crippen LogP contribution in [0.4, 0.5) is 8.78 Å². The molecule has 1 aromatic carbocycles. The Hall–Kier alpha value is -2.77. The highest BCUT2D eigenvalue weighted by Gasteiger charge is 2.09. The fraction of sp³-hybridized carbons (Fsp3) is 0.154. The van der Waals surface area contributed by atoms with E-state index in [1.807, 2.05) is 0 Å². The second-order valence-corrected chi connectivity index (χ2v) is 4.22. The van der Waals surface area contributed by atoms with Crippen LogP contribution < -0.4 is 5.32 Å². The van der Waals surface area contributed by atoms with E-state index in [0.717, 1.165) is 12.1 Å². The lowest BCUT2D eigenvalue weighted by atomic mass is 10.2. The molecule has 2 aromatic rings. The lowest BCUT2D eigenvalue weighted by Crippen LogP contribution is -2.27. The largest absolute Gasteiger partial charge is 0.476 e. The number of carboxylic acid groups (broad SMARTS) is 1. The number of benzene rings is 1. The van der Waals surface area contributed by atoms with Gasteiger partial charge in [-0.3, -0.25) is 4.79 Å². The molecule has 0 saturated heterocycles. The normalized spacial score (nSPS) is 10.4. The highest BCUT2D eigenvalue weighted by atomic mass is 19.1. The number of carboxylic acids is 1. The molecule has 21 heavy (non-hydrogen) atoms. The molecule has 0 aliphatic carbocycles. The number of halogens is 2. The monoisotopic (exact) mass is 295 g/mol. The van der Waals surface area contributed by atoms with Crippen LogP contribution in [-0.4, -0.2) is 33.1 Å². The molecular weight excluding hydrogens is 284 g/mol. The summed E-state index contributed by atoms with van der Waals surface area (Å²) in [7, 11) is 0. The molecule has 0 spiro atoms. The van der Waals surface area contributed by atoms with Gasteiger partial charge in [0, 0.05) is 30.9 Å². The molecule has 0 radical (unpaired) electrons. The first-order valence-corrected chi connectivity index (χ1v) is 5.95. The van der Waals surface area contributed by atoms with Crippen molar-refractivity contribution in [2.45, 2.75) is 6.54 Å². The Morgan fingerprint density at radius 2 is 1.90 bits per heavy atom. The fourth-order valence-corrected chi connectivity index (χ4v) is 1.68. The minimum atomic E-state index is -1.15. The molecule has 0 aliphatic heterocycles. The molecule has 1 aromatic heterocycles. The third-order valence-electron chi connectivity index (χ3n) is 2.63. The molecule has 0 fully saturated rings. The Morgan fingerprint density at radius 3 is 2.48 bits per heavy atom. The van der Waals surface area contributed by atoms with Crippen molar-refractivity contribution in [1.82, 2.24) is 14.9 Å². The van der Waals surface area contributed by atoms with Crippen LogP contribution in [0.5, 0.6) is 0 Å². The molecule has 1 amide bonds. The van der Waals surface area contributed by atoms with E-state index in [2.05, 4.69) is 10.3 Å². The molecule has 0 saturated carbocycles. The summed E-state index contributed by atoms with van der Waals surface area (Å²) in [6, 6.07) is 2.53. The van der Waals surface area contributed by atoms with Gasteiger partial charge in [-0.05, 0) is 12.1 Å². The maximum absolute atomic E-state index is 13.0. The number of carbonyl (C=O) groups excluding carboxylic acids is 1. The summed E-state index contributed by atoms with van der Waals surface area (Å²) < 4.78 is 27.4. The lowest BCUT2D eigenvalue weighted by Gasteiger charge is -2.06. The van der Waals surface area contributed by atoms with Gasteiger partial charge in [0.15, 0.2) is 5.69 Å².